The average Bonchev–Trinajstić information content (AvgIpc) is 2.64. The maximum absolute atomic E-state index is 12.1. The lowest BCUT2D eigenvalue weighted by molar-refractivity contribution is -0.123. The second-order valence-electron chi connectivity index (χ2n) is 5.54. The summed E-state index contributed by atoms with van der Waals surface area (Å²) >= 11 is 9.26. The van der Waals surface area contributed by atoms with Crippen LogP contribution in [0.15, 0.2) is 16.7 Å². The van der Waals surface area contributed by atoms with Crippen molar-refractivity contribution in [3.8, 4) is 0 Å². The van der Waals surface area contributed by atoms with Crippen molar-refractivity contribution in [3.63, 3.8) is 0 Å². The number of nitrogens with one attached hydrogen (secondary N) is 1. The third-order valence-corrected chi connectivity index (χ3v) is 3.24. The standard InChI is InChI=1S/C13H16BrClN4O/c1-13(2,3)18-11(20)7-19-10(5-15)17-9-4-8(14)6-16-12(9)19/h4,6H,5,7H2,1-3H3,(H,18,20). The summed E-state index contributed by atoms with van der Waals surface area (Å²) < 4.78 is 2.59. The van der Waals surface area contributed by atoms with E-state index in [9.17, 15) is 4.79 Å². The van der Waals surface area contributed by atoms with Gasteiger partial charge in [-0.2, -0.15) is 0 Å². The molecular weight excluding hydrogens is 344 g/mol. The van der Waals surface area contributed by atoms with Gasteiger partial charge in [-0.3, -0.25) is 4.79 Å². The van der Waals surface area contributed by atoms with Crippen molar-refractivity contribution in [2.24, 2.45) is 0 Å². The molecule has 0 unspecified atom stereocenters. The van der Waals surface area contributed by atoms with Crippen LogP contribution >= 0.6 is 27.5 Å². The van der Waals surface area contributed by atoms with E-state index in [-0.39, 0.29) is 23.9 Å². The number of aromatic nitrogens is 3. The van der Waals surface area contributed by atoms with Crippen LogP contribution in [0.3, 0.4) is 0 Å². The number of halogens is 2. The summed E-state index contributed by atoms with van der Waals surface area (Å²) in [5, 5.41) is 2.92. The van der Waals surface area contributed by atoms with Gasteiger partial charge in [0.15, 0.2) is 5.65 Å². The van der Waals surface area contributed by atoms with Gasteiger partial charge in [0.05, 0.1) is 5.88 Å². The van der Waals surface area contributed by atoms with E-state index in [0.717, 1.165) is 9.99 Å². The zero-order valence-electron chi connectivity index (χ0n) is 11.6. The van der Waals surface area contributed by atoms with Crippen LogP contribution in [0.4, 0.5) is 0 Å². The highest BCUT2D eigenvalue weighted by Crippen LogP contribution is 2.19. The van der Waals surface area contributed by atoms with Crippen LogP contribution < -0.4 is 5.32 Å². The van der Waals surface area contributed by atoms with Gasteiger partial charge < -0.3 is 9.88 Å². The number of rotatable bonds is 3. The molecule has 0 bridgehead atoms. The first-order valence-corrected chi connectivity index (χ1v) is 7.50. The molecular formula is C13H16BrClN4O. The lowest BCUT2D eigenvalue weighted by atomic mass is 10.1. The Balaban J connectivity index is 2.35. The number of hydrogen-bond acceptors (Lipinski definition) is 3. The molecule has 2 aromatic heterocycles. The van der Waals surface area contributed by atoms with Gasteiger partial charge in [0.1, 0.15) is 17.9 Å². The molecule has 7 heteroatoms. The van der Waals surface area contributed by atoms with Gasteiger partial charge in [0.25, 0.3) is 0 Å². The van der Waals surface area contributed by atoms with E-state index in [1.807, 2.05) is 26.8 Å². The Morgan fingerprint density at radius 2 is 2.20 bits per heavy atom. The second kappa shape index (κ2) is 5.69. The predicted octanol–water partition coefficient (Wildman–Crippen LogP) is 2.85. The van der Waals surface area contributed by atoms with Gasteiger partial charge in [0, 0.05) is 16.2 Å². The van der Waals surface area contributed by atoms with Crippen LogP contribution in [0.1, 0.15) is 26.6 Å². The number of imidazole rings is 1. The Hall–Kier alpha value is -1.14. The number of carbonyl (C=O) groups is 1. The molecule has 108 valence electrons. The summed E-state index contributed by atoms with van der Waals surface area (Å²) in [7, 11) is 0. The van der Waals surface area contributed by atoms with Crippen molar-refractivity contribution in [2.45, 2.75) is 38.7 Å². The molecule has 5 nitrogen and oxygen atoms in total. The SMILES string of the molecule is CC(C)(C)NC(=O)Cn1c(CCl)nc2cc(Br)cnc21. The summed E-state index contributed by atoms with van der Waals surface area (Å²) in [6.45, 7) is 5.97. The summed E-state index contributed by atoms with van der Waals surface area (Å²) in [4.78, 5) is 20.8. The summed E-state index contributed by atoms with van der Waals surface area (Å²) in [5.74, 6) is 0.778. The van der Waals surface area contributed by atoms with Crippen molar-refractivity contribution in [3.05, 3.63) is 22.6 Å². The van der Waals surface area contributed by atoms with Gasteiger partial charge in [-0.05, 0) is 42.8 Å². The maximum atomic E-state index is 12.1. The van der Waals surface area contributed by atoms with Crippen LogP contribution in [0, 0.1) is 0 Å². The minimum atomic E-state index is -0.273. The molecule has 0 saturated carbocycles. The van der Waals surface area contributed by atoms with Crippen molar-refractivity contribution < 1.29 is 4.79 Å². The molecule has 0 aliphatic heterocycles. The molecule has 0 atom stereocenters. The monoisotopic (exact) mass is 358 g/mol. The largest absolute Gasteiger partial charge is 0.350 e. The molecule has 0 fully saturated rings. The summed E-state index contributed by atoms with van der Waals surface area (Å²) in [5.41, 5.74) is 1.11. The molecule has 0 aliphatic rings. The normalized spacial score (nSPS) is 11.8. The van der Waals surface area contributed by atoms with E-state index in [0.29, 0.717) is 11.5 Å². The maximum Gasteiger partial charge on any atom is 0.240 e. The van der Waals surface area contributed by atoms with Crippen LogP contribution in [0.2, 0.25) is 0 Å². The van der Waals surface area contributed by atoms with Crippen LogP contribution in [-0.2, 0) is 17.2 Å². The highest BCUT2D eigenvalue weighted by atomic mass is 79.9. The highest BCUT2D eigenvalue weighted by molar-refractivity contribution is 9.10. The number of pyridine rings is 1. The van der Waals surface area contributed by atoms with Gasteiger partial charge in [-0.1, -0.05) is 0 Å². The first kappa shape index (κ1) is 15.3. The van der Waals surface area contributed by atoms with Crippen molar-refractivity contribution in [1.29, 1.82) is 0 Å². The molecule has 0 aliphatic carbocycles. The number of amides is 1. The van der Waals surface area contributed by atoms with E-state index >= 15 is 0 Å². The molecule has 20 heavy (non-hydrogen) atoms. The Kier molecular flexibility index (Phi) is 4.34. The third kappa shape index (κ3) is 3.49. The van der Waals surface area contributed by atoms with Crippen molar-refractivity contribution in [1.82, 2.24) is 19.9 Å². The number of carbonyl (C=O) groups excluding carboxylic acids is 1. The fourth-order valence-electron chi connectivity index (χ4n) is 1.90. The van der Waals surface area contributed by atoms with E-state index in [4.69, 9.17) is 11.6 Å². The minimum Gasteiger partial charge on any atom is -0.350 e. The molecule has 2 heterocycles. The lowest BCUT2D eigenvalue weighted by Gasteiger charge is -2.21. The molecule has 0 spiro atoms. The molecule has 0 aromatic carbocycles. The summed E-state index contributed by atoms with van der Waals surface area (Å²) in [6.07, 6.45) is 1.68. The van der Waals surface area contributed by atoms with E-state index in [1.54, 1.807) is 10.8 Å². The summed E-state index contributed by atoms with van der Waals surface area (Å²) in [6, 6.07) is 1.86. The Morgan fingerprint density at radius 3 is 2.80 bits per heavy atom. The second-order valence-corrected chi connectivity index (χ2v) is 6.73. The van der Waals surface area contributed by atoms with Gasteiger partial charge in [0.2, 0.25) is 5.91 Å². The molecule has 1 N–H and O–H groups in total. The Labute approximate surface area is 130 Å². The van der Waals surface area contributed by atoms with Gasteiger partial charge in [-0.15, -0.1) is 11.6 Å². The topological polar surface area (TPSA) is 59.8 Å². The molecule has 2 rings (SSSR count). The van der Waals surface area contributed by atoms with Crippen molar-refractivity contribution >= 4 is 44.6 Å². The molecule has 1 amide bonds. The quantitative estimate of drug-likeness (QED) is 0.857. The van der Waals surface area contributed by atoms with E-state index < -0.39 is 0 Å². The molecule has 0 radical (unpaired) electrons. The van der Waals surface area contributed by atoms with Crippen LogP contribution in [0.5, 0.6) is 0 Å². The number of fused-ring (bicyclic) bond motifs is 1. The zero-order chi connectivity index (χ0) is 14.9. The first-order valence-electron chi connectivity index (χ1n) is 6.18. The number of hydrogen-bond donors (Lipinski definition) is 1. The smallest absolute Gasteiger partial charge is 0.240 e. The van der Waals surface area contributed by atoms with E-state index in [2.05, 4.69) is 31.2 Å². The van der Waals surface area contributed by atoms with Gasteiger partial charge >= 0.3 is 0 Å². The van der Waals surface area contributed by atoms with Crippen molar-refractivity contribution in [2.75, 3.05) is 0 Å². The fourth-order valence-corrected chi connectivity index (χ4v) is 2.43. The molecule has 2 aromatic rings. The fraction of sp³-hybridized carbons (Fsp3) is 0.462. The van der Waals surface area contributed by atoms with Crippen LogP contribution in [-0.4, -0.2) is 26.0 Å². The Bertz CT molecular complexity index is 648. The number of alkyl halides is 1. The van der Waals surface area contributed by atoms with Crippen LogP contribution in [0.25, 0.3) is 11.2 Å². The third-order valence-electron chi connectivity index (χ3n) is 2.57. The lowest BCUT2D eigenvalue weighted by Crippen LogP contribution is -2.42. The number of nitrogens with zero attached hydrogens (tertiary/aromatic N) is 3. The first-order chi connectivity index (χ1) is 9.30. The zero-order valence-corrected chi connectivity index (χ0v) is 13.9. The average molecular weight is 360 g/mol. The predicted molar refractivity (Wildman–Crippen MR) is 82.7 cm³/mol. The minimum absolute atomic E-state index is 0.0899. The highest BCUT2D eigenvalue weighted by Gasteiger charge is 2.18. The molecule has 0 saturated heterocycles. The van der Waals surface area contributed by atoms with E-state index in [1.165, 1.54) is 0 Å². The Morgan fingerprint density at radius 1 is 1.50 bits per heavy atom. The van der Waals surface area contributed by atoms with Gasteiger partial charge in [-0.25, -0.2) is 9.97 Å².